The summed E-state index contributed by atoms with van der Waals surface area (Å²) in [6.07, 6.45) is 0. The summed E-state index contributed by atoms with van der Waals surface area (Å²) in [6, 6.07) is 15.8. The predicted octanol–water partition coefficient (Wildman–Crippen LogP) is 3.50. The maximum atomic E-state index is 11.9. The number of hydrogen-bond donors (Lipinski definition) is 2. The minimum absolute atomic E-state index is 0.0260. The van der Waals surface area contributed by atoms with Crippen LogP contribution in [0.25, 0.3) is 0 Å². The Hall–Kier alpha value is -2.27. The zero-order valence-corrected chi connectivity index (χ0v) is 14.8. The van der Waals surface area contributed by atoms with Gasteiger partial charge in [0.2, 0.25) is 11.8 Å². The van der Waals surface area contributed by atoms with E-state index in [9.17, 15) is 9.59 Å². The van der Waals surface area contributed by atoms with Crippen molar-refractivity contribution in [1.29, 1.82) is 0 Å². The molecule has 0 heterocycles. The van der Waals surface area contributed by atoms with E-state index in [0.717, 1.165) is 17.0 Å². The van der Waals surface area contributed by atoms with Crippen molar-refractivity contribution >= 4 is 29.3 Å². The fraction of sp³-hybridized carbons (Fsp3) is 0.263. The van der Waals surface area contributed by atoms with Crippen LogP contribution in [0.15, 0.2) is 48.5 Å². The lowest BCUT2D eigenvalue weighted by Crippen LogP contribution is -2.24. The zero-order valence-electron chi connectivity index (χ0n) is 14.0. The van der Waals surface area contributed by atoms with Gasteiger partial charge in [-0.15, -0.1) is 11.8 Å². The van der Waals surface area contributed by atoms with Crippen LogP contribution < -0.4 is 10.6 Å². The van der Waals surface area contributed by atoms with E-state index in [1.165, 1.54) is 18.1 Å². The maximum Gasteiger partial charge on any atom is 0.230 e. The van der Waals surface area contributed by atoms with Gasteiger partial charge in [-0.05, 0) is 30.2 Å². The average molecular weight is 342 g/mol. The first-order valence-corrected chi connectivity index (χ1v) is 8.95. The lowest BCUT2D eigenvalue weighted by atomic mass is 10.2. The van der Waals surface area contributed by atoms with E-state index in [-0.39, 0.29) is 11.8 Å². The number of carbonyl (C=O) groups is 2. The summed E-state index contributed by atoms with van der Waals surface area (Å²) in [5, 5.41) is 5.62. The molecule has 5 heteroatoms. The Kier molecular flexibility index (Phi) is 6.88. The van der Waals surface area contributed by atoms with E-state index >= 15 is 0 Å². The maximum absolute atomic E-state index is 11.9. The Morgan fingerprint density at radius 1 is 0.958 bits per heavy atom. The van der Waals surface area contributed by atoms with Gasteiger partial charge in [0.1, 0.15) is 0 Å². The van der Waals surface area contributed by atoms with E-state index in [2.05, 4.69) is 41.8 Å². The predicted molar refractivity (Wildman–Crippen MR) is 99.9 cm³/mol. The Bertz CT molecular complexity index is 682. The summed E-state index contributed by atoms with van der Waals surface area (Å²) >= 11 is 1.61. The third-order valence-corrected chi connectivity index (χ3v) is 4.39. The first-order valence-electron chi connectivity index (χ1n) is 7.79. The van der Waals surface area contributed by atoms with Crippen LogP contribution in [0.5, 0.6) is 0 Å². The average Bonchev–Trinajstić information content (AvgIpc) is 2.55. The summed E-state index contributed by atoms with van der Waals surface area (Å²) in [4.78, 5) is 22.8. The van der Waals surface area contributed by atoms with Gasteiger partial charge in [-0.1, -0.05) is 42.0 Å². The molecule has 126 valence electrons. The molecule has 2 N–H and O–H groups in total. The highest BCUT2D eigenvalue weighted by atomic mass is 32.2. The molecular formula is C19H22N2O2S. The highest BCUT2D eigenvalue weighted by Crippen LogP contribution is 2.13. The number of benzene rings is 2. The van der Waals surface area contributed by atoms with Crippen LogP contribution in [0.4, 0.5) is 5.69 Å². The second-order valence-corrected chi connectivity index (χ2v) is 6.62. The molecule has 0 fully saturated rings. The molecule has 2 rings (SSSR count). The molecule has 0 bridgehead atoms. The van der Waals surface area contributed by atoms with E-state index in [0.29, 0.717) is 12.3 Å². The van der Waals surface area contributed by atoms with E-state index in [1.807, 2.05) is 24.3 Å². The van der Waals surface area contributed by atoms with Crippen molar-refractivity contribution in [3.63, 3.8) is 0 Å². The standard InChI is InChI=1S/C19H22N2O2S/c1-14-3-5-17(6-4-14)12-24-13-19(23)20-11-16-7-9-18(10-8-16)21-15(2)22/h3-10H,11-13H2,1-2H3,(H,20,23)(H,21,22). The normalized spacial score (nSPS) is 10.2. The molecule has 0 saturated heterocycles. The lowest BCUT2D eigenvalue weighted by Gasteiger charge is -2.07. The van der Waals surface area contributed by atoms with Gasteiger partial charge in [0.25, 0.3) is 0 Å². The number of thioether (sulfide) groups is 1. The Balaban J connectivity index is 1.69. The molecule has 0 aliphatic heterocycles. The largest absolute Gasteiger partial charge is 0.351 e. The first-order chi connectivity index (χ1) is 11.5. The van der Waals surface area contributed by atoms with Crippen LogP contribution >= 0.6 is 11.8 Å². The fourth-order valence-electron chi connectivity index (χ4n) is 2.11. The van der Waals surface area contributed by atoms with Crippen LogP contribution in [0.3, 0.4) is 0 Å². The molecule has 0 unspecified atom stereocenters. The molecule has 0 aromatic heterocycles. The van der Waals surface area contributed by atoms with Crippen molar-refractivity contribution in [3.8, 4) is 0 Å². The van der Waals surface area contributed by atoms with Gasteiger partial charge in [-0.2, -0.15) is 0 Å². The highest BCUT2D eigenvalue weighted by Gasteiger charge is 2.03. The van der Waals surface area contributed by atoms with Gasteiger partial charge in [0.15, 0.2) is 0 Å². The molecule has 0 aliphatic carbocycles. The van der Waals surface area contributed by atoms with Gasteiger partial charge in [-0.3, -0.25) is 9.59 Å². The third-order valence-electron chi connectivity index (χ3n) is 3.39. The second kappa shape index (κ2) is 9.13. The third kappa shape index (κ3) is 6.46. The quantitative estimate of drug-likeness (QED) is 0.810. The van der Waals surface area contributed by atoms with Crippen LogP contribution in [0, 0.1) is 6.92 Å². The number of hydrogen-bond acceptors (Lipinski definition) is 3. The first kappa shape index (κ1) is 18.1. The van der Waals surface area contributed by atoms with Gasteiger partial charge < -0.3 is 10.6 Å². The number of amides is 2. The number of carbonyl (C=O) groups excluding carboxylic acids is 2. The van der Waals surface area contributed by atoms with E-state index in [1.54, 1.807) is 11.8 Å². The second-order valence-electron chi connectivity index (χ2n) is 5.63. The molecule has 2 amide bonds. The van der Waals surface area contributed by atoms with Crippen molar-refractivity contribution < 1.29 is 9.59 Å². The van der Waals surface area contributed by atoms with Crippen LogP contribution in [0.2, 0.25) is 0 Å². The van der Waals surface area contributed by atoms with Gasteiger partial charge in [-0.25, -0.2) is 0 Å². The molecular weight excluding hydrogens is 320 g/mol. The Labute approximate surface area is 147 Å². The number of rotatable bonds is 7. The zero-order chi connectivity index (χ0) is 17.4. The van der Waals surface area contributed by atoms with Crippen molar-refractivity contribution in [2.75, 3.05) is 11.1 Å². The Morgan fingerprint density at radius 2 is 1.58 bits per heavy atom. The molecule has 0 atom stereocenters. The topological polar surface area (TPSA) is 58.2 Å². The smallest absolute Gasteiger partial charge is 0.230 e. The molecule has 2 aromatic carbocycles. The molecule has 0 radical (unpaired) electrons. The van der Waals surface area contributed by atoms with Crippen LogP contribution in [-0.2, 0) is 21.9 Å². The van der Waals surface area contributed by atoms with Crippen molar-refractivity contribution in [2.45, 2.75) is 26.1 Å². The molecule has 2 aromatic rings. The van der Waals surface area contributed by atoms with E-state index in [4.69, 9.17) is 0 Å². The van der Waals surface area contributed by atoms with Gasteiger partial charge in [0, 0.05) is 24.9 Å². The van der Waals surface area contributed by atoms with Crippen molar-refractivity contribution in [1.82, 2.24) is 5.32 Å². The molecule has 24 heavy (non-hydrogen) atoms. The molecule has 4 nitrogen and oxygen atoms in total. The van der Waals surface area contributed by atoms with Crippen LogP contribution in [-0.4, -0.2) is 17.6 Å². The van der Waals surface area contributed by atoms with Crippen molar-refractivity contribution in [2.24, 2.45) is 0 Å². The van der Waals surface area contributed by atoms with Gasteiger partial charge >= 0.3 is 0 Å². The summed E-state index contributed by atoms with van der Waals surface area (Å²) in [6.45, 7) is 4.03. The summed E-state index contributed by atoms with van der Waals surface area (Å²) in [5.74, 6) is 1.21. The molecule has 0 spiro atoms. The number of anilines is 1. The number of nitrogens with one attached hydrogen (secondary N) is 2. The minimum Gasteiger partial charge on any atom is -0.351 e. The summed E-state index contributed by atoms with van der Waals surface area (Å²) in [7, 11) is 0. The van der Waals surface area contributed by atoms with Crippen LogP contribution in [0.1, 0.15) is 23.6 Å². The van der Waals surface area contributed by atoms with Gasteiger partial charge in [0.05, 0.1) is 5.75 Å². The molecule has 0 aliphatic rings. The minimum atomic E-state index is -0.0957. The van der Waals surface area contributed by atoms with Crippen molar-refractivity contribution in [3.05, 3.63) is 65.2 Å². The fourth-order valence-corrected chi connectivity index (χ4v) is 2.92. The summed E-state index contributed by atoms with van der Waals surface area (Å²) in [5.41, 5.74) is 4.23. The molecule has 0 saturated carbocycles. The lowest BCUT2D eigenvalue weighted by molar-refractivity contribution is -0.118. The Morgan fingerprint density at radius 3 is 2.21 bits per heavy atom. The monoisotopic (exact) mass is 342 g/mol. The number of aryl methyl sites for hydroxylation is 1. The summed E-state index contributed by atoms with van der Waals surface area (Å²) < 4.78 is 0. The highest BCUT2D eigenvalue weighted by molar-refractivity contribution is 7.99. The van der Waals surface area contributed by atoms with E-state index < -0.39 is 0 Å². The SMILES string of the molecule is CC(=O)Nc1ccc(CNC(=O)CSCc2ccc(C)cc2)cc1.